The Balaban J connectivity index is 1.99. The molecule has 0 spiro atoms. The largest absolute Gasteiger partial charge is 0.508 e. The molecule has 3 N–H and O–H groups in total. The zero-order valence-corrected chi connectivity index (χ0v) is 10.1. The van der Waals surface area contributed by atoms with Gasteiger partial charge in [-0.05, 0) is 23.8 Å². The van der Waals surface area contributed by atoms with Gasteiger partial charge in [-0.1, -0.05) is 30.3 Å². The van der Waals surface area contributed by atoms with E-state index in [2.05, 4.69) is 0 Å². The third-order valence-corrected chi connectivity index (χ3v) is 3.35. The third-order valence-electron chi connectivity index (χ3n) is 3.35. The molecule has 3 atom stereocenters. The van der Waals surface area contributed by atoms with Crippen molar-refractivity contribution in [2.24, 2.45) is 0 Å². The summed E-state index contributed by atoms with van der Waals surface area (Å²) in [5, 5.41) is 29.6. The molecule has 0 amide bonds. The monoisotopic (exact) mass is 258 g/mol. The second-order valence-electron chi connectivity index (χ2n) is 4.60. The smallest absolute Gasteiger partial charge is 0.152 e. The van der Waals surface area contributed by atoms with Gasteiger partial charge in [-0.25, -0.2) is 0 Å². The van der Waals surface area contributed by atoms with E-state index in [1.165, 1.54) is 12.1 Å². The highest BCUT2D eigenvalue weighted by Gasteiger charge is 2.36. The van der Waals surface area contributed by atoms with Crippen LogP contribution in [0.4, 0.5) is 0 Å². The predicted molar refractivity (Wildman–Crippen MR) is 68.9 cm³/mol. The molecule has 4 nitrogen and oxygen atoms in total. The number of phenols is 1. The minimum atomic E-state index is -1.04. The van der Waals surface area contributed by atoms with Gasteiger partial charge in [-0.2, -0.15) is 0 Å². The van der Waals surface area contributed by atoms with Crippen LogP contribution in [0.15, 0.2) is 48.5 Å². The molecular weight excluding hydrogens is 244 g/mol. The number of aliphatic hydroxyl groups excluding tert-OH is 2. The van der Waals surface area contributed by atoms with Crippen LogP contribution in [0.5, 0.6) is 11.5 Å². The van der Waals surface area contributed by atoms with Crippen molar-refractivity contribution in [3.8, 4) is 11.5 Å². The number of fused-ring (bicyclic) bond motifs is 1. The van der Waals surface area contributed by atoms with Gasteiger partial charge in [0.25, 0.3) is 0 Å². The van der Waals surface area contributed by atoms with Crippen molar-refractivity contribution in [2.75, 3.05) is 0 Å². The van der Waals surface area contributed by atoms with Gasteiger partial charge in [0.15, 0.2) is 6.10 Å². The molecule has 2 aromatic carbocycles. The van der Waals surface area contributed by atoms with E-state index < -0.39 is 18.3 Å². The number of hydrogen-bond donors (Lipinski definition) is 3. The number of para-hydroxylation sites is 1. The Labute approximate surface area is 110 Å². The number of aliphatic hydroxyl groups is 2. The van der Waals surface area contributed by atoms with E-state index in [0.717, 1.165) is 0 Å². The summed E-state index contributed by atoms with van der Waals surface area (Å²) in [5.41, 5.74) is 1.30. The Kier molecular flexibility index (Phi) is 2.89. The maximum Gasteiger partial charge on any atom is 0.152 e. The summed E-state index contributed by atoms with van der Waals surface area (Å²) >= 11 is 0. The molecule has 98 valence electrons. The minimum absolute atomic E-state index is 0.148. The molecule has 1 aliphatic heterocycles. The van der Waals surface area contributed by atoms with Crippen LogP contribution in [0.1, 0.15) is 23.3 Å². The summed E-state index contributed by atoms with van der Waals surface area (Å²) in [7, 11) is 0. The lowest BCUT2D eigenvalue weighted by molar-refractivity contribution is -0.0699. The van der Waals surface area contributed by atoms with Gasteiger partial charge >= 0.3 is 0 Å². The average molecular weight is 258 g/mol. The first kappa shape index (κ1) is 12.0. The van der Waals surface area contributed by atoms with Crippen LogP contribution in [0.3, 0.4) is 0 Å². The maximum atomic E-state index is 10.2. The zero-order chi connectivity index (χ0) is 13.4. The third kappa shape index (κ3) is 2.05. The first-order chi connectivity index (χ1) is 9.16. The van der Waals surface area contributed by atoms with Crippen LogP contribution in [0.25, 0.3) is 0 Å². The number of hydrogen-bond acceptors (Lipinski definition) is 4. The minimum Gasteiger partial charge on any atom is -0.508 e. The van der Waals surface area contributed by atoms with Crippen molar-refractivity contribution in [3.05, 3.63) is 59.7 Å². The summed E-state index contributed by atoms with van der Waals surface area (Å²) in [6.45, 7) is 0. The summed E-state index contributed by atoms with van der Waals surface area (Å²) < 4.78 is 5.75. The van der Waals surface area contributed by atoms with Crippen molar-refractivity contribution in [3.63, 3.8) is 0 Å². The molecule has 0 aromatic heterocycles. The van der Waals surface area contributed by atoms with Gasteiger partial charge < -0.3 is 20.1 Å². The van der Waals surface area contributed by atoms with Gasteiger partial charge in [0.05, 0.1) is 0 Å². The molecular formula is C15H14O4. The molecule has 4 heteroatoms. The molecule has 2 aromatic rings. The second-order valence-corrected chi connectivity index (χ2v) is 4.60. The topological polar surface area (TPSA) is 69.9 Å². The van der Waals surface area contributed by atoms with E-state index in [1.807, 2.05) is 6.07 Å². The summed E-state index contributed by atoms with van der Waals surface area (Å²) in [6.07, 6.45) is -2.67. The highest BCUT2D eigenvalue weighted by atomic mass is 16.5. The summed E-state index contributed by atoms with van der Waals surface area (Å²) in [4.78, 5) is 0. The highest BCUT2D eigenvalue weighted by molar-refractivity contribution is 5.40. The fraction of sp³-hybridized carbons (Fsp3) is 0.200. The summed E-state index contributed by atoms with van der Waals surface area (Å²) in [6, 6.07) is 13.5. The van der Waals surface area contributed by atoms with Gasteiger partial charge in [0.1, 0.15) is 23.7 Å². The van der Waals surface area contributed by atoms with E-state index in [0.29, 0.717) is 16.9 Å². The molecule has 0 radical (unpaired) electrons. The van der Waals surface area contributed by atoms with E-state index in [1.54, 1.807) is 30.3 Å². The van der Waals surface area contributed by atoms with Crippen LogP contribution in [0.2, 0.25) is 0 Å². The number of phenolic OH excluding ortho intramolecular Hbond substituents is 1. The predicted octanol–water partition coefficient (Wildman–Crippen LogP) is 1.92. The lowest BCUT2D eigenvalue weighted by Gasteiger charge is -2.34. The Morgan fingerprint density at radius 1 is 0.895 bits per heavy atom. The lowest BCUT2D eigenvalue weighted by atomic mass is 9.92. The van der Waals surface area contributed by atoms with E-state index in [4.69, 9.17) is 4.74 Å². The van der Waals surface area contributed by atoms with Crippen LogP contribution in [-0.2, 0) is 0 Å². The lowest BCUT2D eigenvalue weighted by Crippen LogP contribution is -2.34. The van der Waals surface area contributed by atoms with E-state index in [9.17, 15) is 15.3 Å². The molecule has 0 aliphatic carbocycles. The van der Waals surface area contributed by atoms with Crippen LogP contribution in [0, 0.1) is 0 Å². The fourth-order valence-corrected chi connectivity index (χ4v) is 2.32. The maximum absolute atomic E-state index is 10.2. The van der Waals surface area contributed by atoms with Crippen molar-refractivity contribution in [2.45, 2.75) is 18.3 Å². The van der Waals surface area contributed by atoms with Gasteiger partial charge in [0, 0.05) is 5.56 Å². The molecule has 3 rings (SSSR count). The molecule has 19 heavy (non-hydrogen) atoms. The standard InChI is InChI=1S/C15H14O4/c16-10-7-5-9(6-8-10)15-14(18)13(17)11-3-1-2-4-12(11)19-15/h1-8,13-18H/t13-,14-,15+/m1/s1. The van der Waals surface area contributed by atoms with Crippen molar-refractivity contribution >= 4 is 0 Å². The quantitative estimate of drug-likeness (QED) is 0.731. The van der Waals surface area contributed by atoms with Crippen molar-refractivity contribution < 1.29 is 20.1 Å². The summed E-state index contributed by atoms with van der Waals surface area (Å²) in [5.74, 6) is 0.716. The van der Waals surface area contributed by atoms with E-state index >= 15 is 0 Å². The highest BCUT2D eigenvalue weighted by Crippen LogP contribution is 2.40. The molecule has 0 saturated carbocycles. The second kappa shape index (κ2) is 4.57. The first-order valence-corrected chi connectivity index (χ1v) is 6.07. The molecule has 1 heterocycles. The number of rotatable bonds is 1. The molecule has 0 fully saturated rings. The SMILES string of the molecule is Oc1ccc([C@@H]2Oc3ccccc3[C@@H](O)[C@H]2O)cc1. The van der Waals surface area contributed by atoms with Gasteiger partial charge in [-0.15, -0.1) is 0 Å². The fourth-order valence-electron chi connectivity index (χ4n) is 2.32. The molecule has 1 aliphatic rings. The molecule has 0 unspecified atom stereocenters. The Bertz CT molecular complexity index is 579. The number of aromatic hydroxyl groups is 1. The first-order valence-electron chi connectivity index (χ1n) is 6.07. The Morgan fingerprint density at radius 2 is 1.58 bits per heavy atom. The average Bonchev–Trinajstić information content (AvgIpc) is 2.44. The number of ether oxygens (including phenoxy) is 1. The van der Waals surface area contributed by atoms with Crippen LogP contribution < -0.4 is 4.74 Å². The van der Waals surface area contributed by atoms with Crippen molar-refractivity contribution in [1.29, 1.82) is 0 Å². The van der Waals surface area contributed by atoms with Gasteiger partial charge in [-0.3, -0.25) is 0 Å². The molecule has 0 bridgehead atoms. The zero-order valence-electron chi connectivity index (χ0n) is 10.1. The Morgan fingerprint density at radius 3 is 2.32 bits per heavy atom. The van der Waals surface area contributed by atoms with Crippen molar-refractivity contribution in [1.82, 2.24) is 0 Å². The van der Waals surface area contributed by atoms with Crippen LogP contribution >= 0.6 is 0 Å². The Hall–Kier alpha value is -2.04. The van der Waals surface area contributed by atoms with Crippen LogP contribution in [-0.4, -0.2) is 21.4 Å². The normalized spacial score (nSPS) is 25.5. The number of benzene rings is 2. The van der Waals surface area contributed by atoms with E-state index in [-0.39, 0.29) is 5.75 Å². The van der Waals surface area contributed by atoms with Gasteiger partial charge in [0.2, 0.25) is 0 Å². The molecule has 0 saturated heterocycles.